The maximum Gasteiger partial charge on any atom is 0.256 e. The van der Waals surface area contributed by atoms with Crippen LogP contribution in [0.1, 0.15) is 72.4 Å². The lowest BCUT2D eigenvalue weighted by molar-refractivity contribution is 0.0905. The molecule has 1 saturated carbocycles. The van der Waals surface area contributed by atoms with Crippen LogP contribution in [-0.2, 0) is 0 Å². The van der Waals surface area contributed by atoms with Crippen LogP contribution in [-0.4, -0.2) is 11.4 Å². The van der Waals surface area contributed by atoms with E-state index in [1.165, 1.54) is 6.42 Å². The van der Waals surface area contributed by atoms with Gasteiger partial charge in [-0.25, -0.2) is 0 Å². The van der Waals surface area contributed by atoms with Crippen LogP contribution in [0.5, 0.6) is 0 Å². The van der Waals surface area contributed by atoms with Crippen LogP contribution < -0.4 is 5.32 Å². The maximum absolute atomic E-state index is 12.6. The lowest BCUT2D eigenvalue weighted by atomic mass is 9.84. The van der Waals surface area contributed by atoms with E-state index in [1.54, 1.807) is 6.92 Å². The average Bonchev–Trinajstić information content (AvgIpc) is 2.67. The summed E-state index contributed by atoms with van der Waals surface area (Å²) in [5.74, 6) is 1.21. The predicted octanol–water partition coefficient (Wildman–Crippen LogP) is 3.94. The summed E-state index contributed by atoms with van der Waals surface area (Å²) in [5, 5.41) is 12.6. The first-order valence-electron chi connectivity index (χ1n) is 7.79. The third-order valence-corrected chi connectivity index (χ3v) is 4.56. The van der Waals surface area contributed by atoms with Gasteiger partial charge in [-0.05, 0) is 33.6 Å². The molecule has 1 aliphatic rings. The van der Waals surface area contributed by atoms with Crippen molar-refractivity contribution in [3.8, 4) is 6.07 Å². The Bertz CT molecular complexity index is 558. The molecule has 0 bridgehead atoms. The van der Waals surface area contributed by atoms with E-state index >= 15 is 0 Å². The van der Waals surface area contributed by atoms with E-state index in [-0.39, 0.29) is 5.91 Å². The summed E-state index contributed by atoms with van der Waals surface area (Å²) >= 11 is 0. The number of furan rings is 1. The number of carbonyl (C=O) groups excluding carboxylic acids is 1. The lowest BCUT2D eigenvalue weighted by Crippen LogP contribution is -2.48. The van der Waals surface area contributed by atoms with Gasteiger partial charge in [-0.2, -0.15) is 5.26 Å². The average molecular weight is 288 g/mol. The van der Waals surface area contributed by atoms with Crippen LogP contribution in [0.4, 0.5) is 0 Å². The summed E-state index contributed by atoms with van der Waals surface area (Å²) < 4.78 is 5.52. The molecule has 0 atom stereocenters. The van der Waals surface area contributed by atoms with E-state index < -0.39 is 5.54 Å². The fourth-order valence-electron chi connectivity index (χ4n) is 3.18. The van der Waals surface area contributed by atoms with Gasteiger partial charge in [-0.3, -0.25) is 4.79 Å². The number of rotatable bonds is 2. The molecule has 0 aliphatic heterocycles. The molecular weight excluding hydrogens is 264 g/mol. The third kappa shape index (κ3) is 3.29. The Kier molecular flexibility index (Phi) is 4.72. The molecule has 0 spiro atoms. The molecule has 1 heterocycles. The number of nitrogens with one attached hydrogen (secondary N) is 1. The molecule has 1 N–H and O–H groups in total. The Balaban J connectivity index is 2.21. The first kappa shape index (κ1) is 15.6. The highest BCUT2D eigenvalue weighted by atomic mass is 16.3. The number of aryl methyl sites for hydroxylation is 2. The van der Waals surface area contributed by atoms with Crippen molar-refractivity contribution >= 4 is 5.91 Å². The Morgan fingerprint density at radius 2 is 1.67 bits per heavy atom. The second-order valence-electron chi connectivity index (χ2n) is 6.13. The molecule has 1 aliphatic carbocycles. The highest BCUT2D eigenvalue weighted by Gasteiger charge is 2.33. The van der Waals surface area contributed by atoms with Crippen molar-refractivity contribution in [3.05, 3.63) is 22.6 Å². The molecule has 1 aromatic rings. The summed E-state index contributed by atoms with van der Waals surface area (Å²) in [7, 11) is 0. The van der Waals surface area contributed by atoms with E-state index in [2.05, 4.69) is 11.4 Å². The SMILES string of the molecule is Cc1oc(C)c(C(=O)NC2(C#N)CCCCCCC2)c1C. The second kappa shape index (κ2) is 6.34. The normalized spacial score (nSPS) is 18.4. The van der Waals surface area contributed by atoms with Gasteiger partial charge >= 0.3 is 0 Å². The molecule has 0 saturated heterocycles. The lowest BCUT2D eigenvalue weighted by Gasteiger charge is -2.29. The second-order valence-corrected chi connectivity index (χ2v) is 6.13. The summed E-state index contributed by atoms with van der Waals surface area (Å²) in [6.07, 6.45) is 6.99. The standard InChI is InChI=1S/C17H24N2O2/c1-12-13(2)21-14(3)15(12)16(20)19-17(11-18)9-7-5-4-6-8-10-17/h4-10H2,1-3H3,(H,19,20). The molecule has 0 aromatic carbocycles. The van der Waals surface area contributed by atoms with Crippen molar-refractivity contribution in [3.63, 3.8) is 0 Å². The minimum Gasteiger partial charge on any atom is -0.466 e. The van der Waals surface area contributed by atoms with E-state index in [0.29, 0.717) is 11.3 Å². The molecule has 4 nitrogen and oxygen atoms in total. The molecule has 2 rings (SSSR count). The zero-order valence-electron chi connectivity index (χ0n) is 13.2. The van der Waals surface area contributed by atoms with E-state index in [9.17, 15) is 10.1 Å². The molecule has 1 aromatic heterocycles. The van der Waals surface area contributed by atoms with Gasteiger partial charge in [0.2, 0.25) is 0 Å². The highest BCUT2D eigenvalue weighted by Crippen LogP contribution is 2.28. The van der Waals surface area contributed by atoms with Crippen molar-refractivity contribution < 1.29 is 9.21 Å². The van der Waals surface area contributed by atoms with E-state index in [1.807, 2.05) is 13.8 Å². The minimum atomic E-state index is -0.721. The van der Waals surface area contributed by atoms with Gasteiger partial charge in [-0.1, -0.05) is 32.1 Å². The monoisotopic (exact) mass is 288 g/mol. The van der Waals surface area contributed by atoms with Gasteiger partial charge in [0.25, 0.3) is 5.91 Å². The topological polar surface area (TPSA) is 66.0 Å². The minimum absolute atomic E-state index is 0.177. The van der Waals surface area contributed by atoms with Gasteiger partial charge in [0, 0.05) is 5.56 Å². The van der Waals surface area contributed by atoms with Crippen molar-refractivity contribution in [2.45, 2.75) is 71.3 Å². The summed E-state index contributed by atoms with van der Waals surface area (Å²) in [4.78, 5) is 12.6. The Labute approximate surface area is 126 Å². The molecule has 114 valence electrons. The van der Waals surface area contributed by atoms with Gasteiger partial charge in [0.1, 0.15) is 17.1 Å². The van der Waals surface area contributed by atoms with Crippen LogP contribution in [0, 0.1) is 32.1 Å². The molecule has 21 heavy (non-hydrogen) atoms. The number of carbonyl (C=O) groups is 1. The maximum atomic E-state index is 12.6. The third-order valence-electron chi connectivity index (χ3n) is 4.56. The van der Waals surface area contributed by atoms with Gasteiger partial charge in [-0.15, -0.1) is 0 Å². The predicted molar refractivity (Wildman–Crippen MR) is 81.0 cm³/mol. The van der Waals surface area contributed by atoms with Crippen LogP contribution in [0.25, 0.3) is 0 Å². The van der Waals surface area contributed by atoms with Crippen molar-refractivity contribution in [2.24, 2.45) is 0 Å². The Morgan fingerprint density at radius 1 is 1.10 bits per heavy atom. The van der Waals surface area contributed by atoms with E-state index in [0.717, 1.165) is 49.8 Å². The van der Waals surface area contributed by atoms with Crippen LogP contribution >= 0.6 is 0 Å². The van der Waals surface area contributed by atoms with Crippen LogP contribution in [0.3, 0.4) is 0 Å². The fourth-order valence-corrected chi connectivity index (χ4v) is 3.18. The number of nitrogens with zero attached hydrogens (tertiary/aromatic N) is 1. The van der Waals surface area contributed by atoms with Gasteiger partial charge in [0.05, 0.1) is 11.6 Å². The molecular formula is C17H24N2O2. The molecule has 4 heteroatoms. The molecule has 0 unspecified atom stereocenters. The van der Waals surface area contributed by atoms with E-state index in [4.69, 9.17) is 4.42 Å². The van der Waals surface area contributed by atoms with Gasteiger partial charge < -0.3 is 9.73 Å². The summed E-state index contributed by atoms with van der Waals surface area (Å²) in [5.41, 5.74) is 0.731. The highest BCUT2D eigenvalue weighted by molar-refractivity contribution is 5.97. The summed E-state index contributed by atoms with van der Waals surface area (Å²) in [6, 6.07) is 2.37. The van der Waals surface area contributed by atoms with Crippen LogP contribution in [0.2, 0.25) is 0 Å². The number of hydrogen-bond donors (Lipinski definition) is 1. The molecule has 0 radical (unpaired) electrons. The van der Waals surface area contributed by atoms with Crippen molar-refractivity contribution in [1.29, 1.82) is 5.26 Å². The zero-order valence-corrected chi connectivity index (χ0v) is 13.2. The summed E-state index contributed by atoms with van der Waals surface area (Å²) in [6.45, 7) is 5.54. The first-order valence-corrected chi connectivity index (χ1v) is 7.79. The zero-order chi connectivity index (χ0) is 15.5. The number of amides is 1. The smallest absolute Gasteiger partial charge is 0.256 e. The Morgan fingerprint density at radius 3 is 2.14 bits per heavy atom. The quantitative estimate of drug-likeness (QED) is 0.896. The van der Waals surface area contributed by atoms with Crippen molar-refractivity contribution in [2.75, 3.05) is 0 Å². The van der Waals surface area contributed by atoms with Crippen molar-refractivity contribution in [1.82, 2.24) is 5.32 Å². The van der Waals surface area contributed by atoms with Crippen LogP contribution in [0.15, 0.2) is 4.42 Å². The van der Waals surface area contributed by atoms with Gasteiger partial charge in [0.15, 0.2) is 0 Å². The molecule has 1 amide bonds. The fraction of sp³-hybridized carbons (Fsp3) is 0.647. The number of hydrogen-bond acceptors (Lipinski definition) is 3. The largest absolute Gasteiger partial charge is 0.466 e. The number of nitriles is 1. The molecule has 1 fully saturated rings. The first-order chi connectivity index (χ1) is 9.99. The Hall–Kier alpha value is -1.76.